The summed E-state index contributed by atoms with van der Waals surface area (Å²) in [6.45, 7) is 8.15. The standard InChI is InChI=1S/C15H25NO2/c1-15(2,3)12-8-7-9-13(14(12)18-6)16(4)10-11-17-5/h7-9H,10-11H2,1-6H3. The first-order valence-electron chi connectivity index (χ1n) is 6.29. The molecule has 0 radical (unpaired) electrons. The minimum absolute atomic E-state index is 0.0729. The van der Waals surface area contributed by atoms with E-state index >= 15 is 0 Å². The number of rotatable bonds is 5. The van der Waals surface area contributed by atoms with Crippen molar-refractivity contribution in [2.24, 2.45) is 0 Å². The highest BCUT2D eigenvalue weighted by Crippen LogP contribution is 2.38. The molecule has 0 bridgehead atoms. The van der Waals surface area contributed by atoms with E-state index in [-0.39, 0.29) is 5.41 Å². The van der Waals surface area contributed by atoms with Crippen LogP contribution in [0.5, 0.6) is 5.75 Å². The molecule has 102 valence electrons. The first-order chi connectivity index (χ1) is 8.41. The fourth-order valence-corrected chi connectivity index (χ4v) is 1.98. The zero-order valence-corrected chi connectivity index (χ0v) is 12.4. The molecule has 0 aliphatic carbocycles. The van der Waals surface area contributed by atoms with E-state index < -0.39 is 0 Å². The lowest BCUT2D eigenvalue weighted by atomic mass is 9.86. The molecular weight excluding hydrogens is 226 g/mol. The fourth-order valence-electron chi connectivity index (χ4n) is 1.98. The van der Waals surface area contributed by atoms with E-state index in [0.29, 0.717) is 6.61 Å². The molecule has 1 aromatic rings. The van der Waals surface area contributed by atoms with Gasteiger partial charge in [0, 0.05) is 26.3 Å². The molecule has 0 N–H and O–H groups in total. The summed E-state index contributed by atoms with van der Waals surface area (Å²) in [4.78, 5) is 2.16. The van der Waals surface area contributed by atoms with Crippen LogP contribution in [0.4, 0.5) is 5.69 Å². The maximum atomic E-state index is 5.62. The average Bonchev–Trinajstić information content (AvgIpc) is 2.33. The predicted octanol–water partition coefficient (Wildman–Crippen LogP) is 3.08. The van der Waals surface area contributed by atoms with Crippen LogP contribution in [0, 0.1) is 0 Å². The quantitative estimate of drug-likeness (QED) is 0.802. The highest BCUT2D eigenvalue weighted by molar-refractivity contribution is 5.63. The summed E-state index contributed by atoms with van der Waals surface area (Å²) in [5.74, 6) is 0.962. The molecule has 1 aromatic carbocycles. The van der Waals surface area contributed by atoms with Gasteiger partial charge in [-0.25, -0.2) is 0 Å². The molecule has 0 fully saturated rings. The monoisotopic (exact) mass is 251 g/mol. The van der Waals surface area contributed by atoms with Gasteiger partial charge in [0.05, 0.1) is 19.4 Å². The molecule has 0 amide bonds. The van der Waals surface area contributed by atoms with Crippen molar-refractivity contribution in [1.29, 1.82) is 0 Å². The third-order valence-corrected chi connectivity index (χ3v) is 3.05. The van der Waals surface area contributed by atoms with E-state index in [4.69, 9.17) is 9.47 Å². The van der Waals surface area contributed by atoms with Crippen molar-refractivity contribution in [3.63, 3.8) is 0 Å². The lowest BCUT2D eigenvalue weighted by molar-refractivity contribution is 0.206. The molecule has 0 heterocycles. The molecule has 0 saturated carbocycles. The van der Waals surface area contributed by atoms with Crippen LogP contribution in [0.2, 0.25) is 0 Å². The lowest BCUT2D eigenvalue weighted by Gasteiger charge is -2.27. The van der Waals surface area contributed by atoms with Crippen LogP contribution in [-0.4, -0.2) is 34.4 Å². The molecule has 0 atom stereocenters. The van der Waals surface area contributed by atoms with Crippen LogP contribution in [-0.2, 0) is 10.2 Å². The molecule has 0 unspecified atom stereocenters. The van der Waals surface area contributed by atoms with Gasteiger partial charge >= 0.3 is 0 Å². The Morgan fingerprint density at radius 3 is 2.33 bits per heavy atom. The molecular formula is C15H25NO2. The van der Waals surface area contributed by atoms with Gasteiger partial charge in [-0.1, -0.05) is 32.9 Å². The number of nitrogens with zero attached hydrogens (tertiary/aromatic N) is 1. The first kappa shape index (κ1) is 14.8. The van der Waals surface area contributed by atoms with Crippen molar-refractivity contribution < 1.29 is 9.47 Å². The molecule has 0 aliphatic rings. The number of methoxy groups -OCH3 is 2. The van der Waals surface area contributed by atoms with Gasteiger partial charge in [0.25, 0.3) is 0 Å². The number of ether oxygens (including phenoxy) is 2. The number of hydrogen-bond acceptors (Lipinski definition) is 3. The largest absolute Gasteiger partial charge is 0.494 e. The van der Waals surface area contributed by atoms with E-state index in [0.717, 1.165) is 18.0 Å². The molecule has 3 nitrogen and oxygen atoms in total. The number of anilines is 1. The Morgan fingerprint density at radius 1 is 1.17 bits per heavy atom. The zero-order valence-electron chi connectivity index (χ0n) is 12.4. The smallest absolute Gasteiger partial charge is 0.145 e. The summed E-state index contributed by atoms with van der Waals surface area (Å²) in [5.41, 5.74) is 2.41. The van der Waals surface area contributed by atoms with E-state index in [1.165, 1.54) is 5.56 Å². The molecule has 3 heteroatoms. The van der Waals surface area contributed by atoms with Crippen LogP contribution in [0.15, 0.2) is 18.2 Å². The van der Waals surface area contributed by atoms with Crippen LogP contribution >= 0.6 is 0 Å². The van der Waals surface area contributed by atoms with Gasteiger partial charge in [-0.3, -0.25) is 0 Å². The molecule has 0 saturated heterocycles. The van der Waals surface area contributed by atoms with Gasteiger partial charge < -0.3 is 14.4 Å². The highest BCUT2D eigenvalue weighted by atomic mass is 16.5. The maximum Gasteiger partial charge on any atom is 0.145 e. The lowest BCUT2D eigenvalue weighted by Crippen LogP contribution is -2.24. The second-order valence-corrected chi connectivity index (χ2v) is 5.52. The van der Waals surface area contributed by atoms with Crippen LogP contribution < -0.4 is 9.64 Å². The van der Waals surface area contributed by atoms with Crippen LogP contribution in [0.25, 0.3) is 0 Å². The van der Waals surface area contributed by atoms with Crippen molar-refractivity contribution in [2.75, 3.05) is 39.3 Å². The first-order valence-corrected chi connectivity index (χ1v) is 6.29. The van der Waals surface area contributed by atoms with Crippen LogP contribution in [0.1, 0.15) is 26.3 Å². The zero-order chi connectivity index (χ0) is 13.8. The summed E-state index contributed by atoms with van der Waals surface area (Å²) in [7, 11) is 5.51. The Hall–Kier alpha value is -1.22. The van der Waals surface area contributed by atoms with Crippen molar-refractivity contribution in [2.45, 2.75) is 26.2 Å². The molecule has 0 aliphatic heterocycles. The fraction of sp³-hybridized carbons (Fsp3) is 0.600. The topological polar surface area (TPSA) is 21.7 Å². The summed E-state index contributed by atoms with van der Waals surface area (Å²) in [6.07, 6.45) is 0. The second kappa shape index (κ2) is 6.10. The molecule has 0 aromatic heterocycles. The Bertz CT molecular complexity index is 383. The summed E-state index contributed by atoms with van der Waals surface area (Å²) in [6, 6.07) is 6.30. The van der Waals surface area contributed by atoms with Gasteiger partial charge in [-0.2, -0.15) is 0 Å². The third kappa shape index (κ3) is 3.39. The van der Waals surface area contributed by atoms with E-state index in [9.17, 15) is 0 Å². The Morgan fingerprint density at radius 2 is 1.83 bits per heavy atom. The number of hydrogen-bond donors (Lipinski definition) is 0. The minimum Gasteiger partial charge on any atom is -0.494 e. The van der Waals surface area contributed by atoms with Gasteiger partial charge in [0.2, 0.25) is 0 Å². The summed E-state index contributed by atoms with van der Waals surface area (Å²) >= 11 is 0. The molecule has 1 rings (SSSR count). The Kier molecular flexibility index (Phi) is 5.03. The van der Waals surface area contributed by atoms with Crippen molar-refractivity contribution in [3.05, 3.63) is 23.8 Å². The SMILES string of the molecule is COCCN(C)c1cccc(C(C)(C)C)c1OC. The average molecular weight is 251 g/mol. The van der Waals surface area contributed by atoms with Gasteiger partial charge in [-0.15, -0.1) is 0 Å². The van der Waals surface area contributed by atoms with Gasteiger partial charge in [0.1, 0.15) is 5.75 Å². The maximum absolute atomic E-state index is 5.62. The normalized spacial score (nSPS) is 11.4. The molecule has 0 spiro atoms. The second-order valence-electron chi connectivity index (χ2n) is 5.52. The van der Waals surface area contributed by atoms with Gasteiger partial charge in [-0.05, 0) is 11.5 Å². The predicted molar refractivity (Wildman–Crippen MR) is 76.8 cm³/mol. The van der Waals surface area contributed by atoms with E-state index in [1.54, 1.807) is 14.2 Å². The van der Waals surface area contributed by atoms with E-state index in [2.05, 4.69) is 50.9 Å². The van der Waals surface area contributed by atoms with Gasteiger partial charge in [0.15, 0.2) is 0 Å². The Balaban J connectivity index is 3.12. The summed E-state index contributed by atoms with van der Waals surface area (Å²) in [5, 5.41) is 0. The van der Waals surface area contributed by atoms with Crippen molar-refractivity contribution in [3.8, 4) is 5.75 Å². The minimum atomic E-state index is 0.0729. The van der Waals surface area contributed by atoms with Crippen LogP contribution in [0.3, 0.4) is 0 Å². The van der Waals surface area contributed by atoms with Crippen molar-refractivity contribution in [1.82, 2.24) is 0 Å². The van der Waals surface area contributed by atoms with Crippen molar-refractivity contribution >= 4 is 5.69 Å². The number of benzene rings is 1. The molecule has 18 heavy (non-hydrogen) atoms. The van der Waals surface area contributed by atoms with E-state index in [1.807, 2.05) is 0 Å². The third-order valence-electron chi connectivity index (χ3n) is 3.05. The number of para-hydroxylation sites is 1. The summed E-state index contributed by atoms with van der Waals surface area (Å²) < 4.78 is 10.7. The highest BCUT2D eigenvalue weighted by Gasteiger charge is 2.21. The number of likely N-dealkylation sites (N-methyl/N-ethyl adjacent to an activating group) is 1. The Labute approximate surface area is 111 Å².